The molecule has 0 aromatic rings. The smallest absolute Gasteiger partial charge is 0.237 e. The van der Waals surface area contributed by atoms with Crippen molar-refractivity contribution in [2.45, 2.75) is 71.0 Å². The van der Waals surface area contributed by atoms with Crippen molar-refractivity contribution in [1.82, 2.24) is 16.0 Å². The lowest BCUT2D eigenvalue weighted by molar-refractivity contribution is -0.124. The first-order valence-electron chi connectivity index (χ1n) is 7.36. The van der Waals surface area contributed by atoms with Gasteiger partial charge in [0.05, 0.1) is 6.04 Å². The zero-order chi connectivity index (χ0) is 14.3. The van der Waals surface area contributed by atoms with Gasteiger partial charge in [0.1, 0.15) is 0 Å². The van der Waals surface area contributed by atoms with E-state index in [0.717, 1.165) is 25.7 Å². The highest BCUT2D eigenvalue weighted by molar-refractivity contribution is 5.81. The minimum Gasteiger partial charge on any atom is -0.353 e. The van der Waals surface area contributed by atoms with Crippen LogP contribution < -0.4 is 16.0 Å². The molecule has 5 heteroatoms. The number of amides is 2. The molecule has 1 fully saturated rings. The number of carbonyl (C=O) groups excluding carboxylic acids is 2. The van der Waals surface area contributed by atoms with Crippen LogP contribution in [0.2, 0.25) is 0 Å². The largest absolute Gasteiger partial charge is 0.353 e. The molecule has 0 bridgehead atoms. The molecule has 0 spiro atoms. The molecule has 2 amide bonds. The molecule has 5 nitrogen and oxygen atoms in total. The molecule has 19 heavy (non-hydrogen) atoms. The lowest BCUT2D eigenvalue weighted by atomic mass is 10.2. The summed E-state index contributed by atoms with van der Waals surface area (Å²) >= 11 is 0. The van der Waals surface area contributed by atoms with E-state index in [1.165, 1.54) is 0 Å². The zero-order valence-electron chi connectivity index (χ0n) is 12.3. The third-order valence-corrected chi connectivity index (χ3v) is 3.25. The molecule has 1 aliphatic rings. The van der Waals surface area contributed by atoms with Crippen molar-refractivity contribution in [3.8, 4) is 0 Å². The summed E-state index contributed by atoms with van der Waals surface area (Å²) in [6, 6.07) is 0.357. The lowest BCUT2D eigenvalue weighted by Gasteiger charge is -2.18. The predicted octanol–water partition coefficient (Wildman–Crippen LogP) is 0.938. The first-order chi connectivity index (χ1) is 9.02. The van der Waals surface area contributed by atoms with E-state index in [4.69, 9.17) is 0 Å². The van der Waals surface area contributed by atoms with Crippen molar-refractivity contribution in [1.29, 1.82) is 0 Å². The molecule has 0 aliphatic heterocycles. The second-order valence-electron chi connectivity index (χ2n) is 5.47. The van der Waals surface area contributed by atoms with Crippen molar-refractivity contribution in [3.05, 3.63) is 0 Å². The van der Waals surface area contributed by atoms with Crippen LogP contribution in [0.1, 0.15) is 52.9 Å². The van der Waals surface area contributed by atoms with Gasteiger partial charge in [0, 0.05) is 25.0 Å². The molecule has 3 N–H and O–H groups in total. The quantitative estimate of drug-likeness (QED) is 0.583. The molecule has 0 aromatic heterocycles. The molecule has 0 heterocycles. The van der Waals surface area contributed by atoms with Crippen LogP contribution in [0.3, 0.4) is 0 Å². The standard InChI is InChI=1S/C14H27N3O2/c1-4-5-10(2)16-14(19)11(3)15-9-8-13(18)17-12-6-7-12/h10-12,15H,4-9H2,1-3H3,(H,16,19)(H,17,18). The highest BCUT2D eigenvalue weighted by atomic mass is 16.2. The van der Waals surface area contributed by atoms with Crippen LogP contribution in [-0.4, -0.2) is 36.5 Å². The Hall–Kier alpha value is -1.10. The van der Waals surface area contributed by atoms with Gasteiger partial charge in [-0.2, -0.15) is 0 Å². The highest BCUT2D eigenvalue weighted by Gasteiger charge is 2.23. The molecule has 1 aliphatic carbocycles. The van der Waals surface area contributed by atoms with Crippen molar-refractivity contribution < 1.29 is 9.59 Å². The van der Waals surface area contributed by atoms with E-state index in [1.807, 2.05) is 13.8 Å². The lowest BCUT2D eigenvalue weighted by Crippen LogP contribution is -2.46. The van der Waals surface area contributed by atoms with E-state index in [1.54, 1.807) is 0 Å². The Labute approximate surface area is 115 Å². The van der Waals surface area contributed by atoms with Crippen molar-refractivity contribution in [2.24, 2.45) is 0 Å². The van der Waals surface area contributed by atoms with Gasteiger partial charge < -0.3 is 16.0 Å². The summed E-state index contributed by atoms with van der Waals surface area (Å²) in [7, 11) is 0. The molecule has 2 unspecified atom stereocenters. The number of carbonyl (C=O) groups is 2. The van der Waals surface area contributed by atoms with Crippen LogP contribution in [0.25, 0.3) is 0 Å². The van der Waals surface area contributed by atoms with Gasteiger partial charge >= 0.3 is 0 Å². The maximum absolute atomic E-state index is 11.8. The van der Waals surface area contributed by atoms with Crippen molar-refractivity contribution >= 4 is 11.8 Å². The van der Waals surface area contributed by atoms with Gasteiger partial charge in [0.25, 0.3) is 0 Å². The second-order valence-corrected chi connectivity index (χ2v) is 5.47. The Balaban J connectivity index is 2.09. The average Bonchev–Trinajstić information content (AvgIpc) is 3.12. The topological polar surface area (TPSA) is 70.2 Å². The van der Waals surface area contributed by atoms with Crippen LogP contribution in [0, 0.1) is 0 Å². The van der Waals surface area contributed by atoms with E-state index in [2.05, 4.69) is 22.9 Å². The summed E-state index contributed by atoms with van der Waals surface area (Å²) < 4.78 is 0. The minimum atomic E-state index is -0.256. The number of hydrogen-bond acceptors (Lipinski definition) is 3. The third kappa shape index (κ3) is 7.15. The van der Waals surface area contributed by atoms with E-state index >= 15 is 0 Å². The second kappa shape index (κ2) is 8.15. The zero-order valence-corrected chi connectivity index (χ0v) is 12.3. The fourth-order valence-corrected chi connectivity index (χ4v) is 1.90. The Kier molecular flexibility index (Phi) is 6.84. The van der Waals surface area contributed by atoms with Gasteiger partial charge in [-0.3, -0.25) is 9.59 Å². The van der Waals surface area contributed by atoms with Crippen molar-refractivity contribution in [2.75, 3.05) is 6.54 Å². The van der Waals surface area contributed by atoms with E-state index in [9.17, 15) is 9.59 Å². The number of nitrogens with one attached hydrogen (secondary N) is 3. The van der Waals surface area contributed by atoms with Gasteiger partial charge in [-0.15, -0.1) is 0 Å². The monoisotopic (exact) mass is 269 g/mol. The highest BCUT2D eigenvalue weighted by Crippen LogP contribution is 2.18. The maximum atomic E-state index is 11.8. The molecular formula is C14H27N3O2. The van der Waals surface area contributed by atoms with Crippen LogP contribution in [0.5, 0.6) is 0 Å². The normalized spacial score (nSPS) is 17.6. The van der Waals surface area contributed by atoms with Gasteiger partial charge in [0.2, 0.25) is 11.8 Å². The van der Waals surface area contributed by atoms with Gasteiger partial charge in [-0.1, -0.05) is 13.3 Å². The molecule has 2 atom stereocenters. The number of rotatable bonds is 9. The summed E-state index contributed by atoms with van der Waals surface area (Å²) in [5.41, 5.74) is 0. The summed E-state index contributed by atoms with van der Waals surface area (Å²) in [5, 5.41) is 8.97. The van der Waals surface area contributed by atoms with Crippen molar-refractivity contribution in [3.63, 3.8) is 0 Å². The fourth-order valence-electron chi connectivity index (χ4n) is 1.90. The molecular weight excluding hydrogens is 242 g/mol. The van der Waals surface area contributed by atoms with Gasteiger partial charge in [-0.25, -0.2) is 0 Å². The Morgan fingerprint density at radius 2 is 1.95 bits per heavy atom. The Bertz CT molecular complexity index is 303. The van der Waals surface area contributed by atoms with Gasteiger partial charge in [-0.05, 0) is 33.1 Å². The Morgan fingerprint density at radius 3 is 2.53 bits per heavy atom. The van der Waals surface area contributed by atoms with Crippen LogP contribution in [0.15, 0.2) is 0 Å². The SMILES string of the molecule is CCCC(C)NC(=O)C(C)NCCC(=O)NC1CC1. The first kappa shape index (κ1) is 16.0. The van der Waals surface area contributed by atoms with E-state index < -0.39 is 0 Å². The van der Waals surface area contributed by atoms with E-state index in [-0.39, 0.29) is 23.9 Å². The molecule has 0 saturated heterocycles. The summed E-state index contributed by atoms with van der Waals surface area (Å²) in [6.45, 7) is 6.47. The molecule has 0 radical (unpaired) electrons. The van der Waals surface area contributed by atoms with Gasteiger partial charge in [0.15, 0.2) is 0 Å². The minimum absolute atomic E-state index is 0.00329. The summed E-state index contributed by atoms with van der Waals surface area (Å²) in [5.74, 6) is 0.0745. The van der Waals surface area contributed by atoms with Crippen LogP contribution in [0.4, 0.5) is 0 Å². The fraction of sp³-hybridized carbons (Fsp3) is 0.857. The van der Waals surface area contributed by atoms with Crippen LogP contribution in [-0.2, 0) is 9.59 Å². The maximum Gasteiger partial charge on any atom is 0.237 e. The summed E-state index contributed by atoms with van der Waals surface area (Å²) in [6.07, 6.45) is 4.69. The predicted molar refractivity (Wildman–Crippen MR) is 75.8 cm³/mol. The average molecular weight is 269 g/mol. The third-order valence-electron chi connectivity index (χ3n) is 3.25. The number of hydrogen-bond donors (Lipinski definition) is 3. The molecule has 0 aromatic carbocycles. The first-order valence-corrected chi connectivity index (χ1v) is 7.36. The van der Waals surface area contributed by atoms with Crippen LogP contribution >= 0.6 is 0 Å². The molecule has 110 valence electrons. The summed E-state index contributed by atoms with van der Waals surface area (Å²) in [4.78, 5) is 23.3. The Morgan fingerprint density at radius 1 is 1.26 bits per heavy atom. The molecule has 1 saturated carbocycles. The van der Waals surface area contributed by atoms with E-state index in [0.29, 0.717) is 19.0 Å². The molecule has 1 rings (SSSR count).